The van der Waals surface area contributed by atoms with E-state index in [9.17, 15) is 0 Å². The topological polar surface area (TPSA) is 33.0 Å². The molecular weight excluding hydrogens is 270 g/mol. The first-order chi connectivity index (χ1) is 10.8. The quantitative estimate of drug-likeness (QED) is 0.511. The smallest absolute Gasteiger partial charge is 0.0991 e. The first-order valence-electron chi connectivity index (χ1n) is 8.52. The molecule has 0 radical (unpaired) electrons. The Labute approximate surface area is 134 Å². The summed E-state index contributed by atoms with van der Waals surface area (Å²) in [5, 5.41) is 8.86. The highest BCUT2D eigenvalue weighted by atomic mass is 16.5. The van der Waals surface area contributed by atoms with Gasteiger partial charge in [-0.3, -0.25) is 0 Å². The Bertz CT molecular complexity index is 489. The molecule has 2 nitrogen and oxygen atoms in total. The Hall–Kier alpha value is -1.59. The Morgan fingerprint density at radius 3 is 2.55 bits per heavy atom. The van der Waals surface area contributed by atoms with Crippen LogP contribution >= 0.6 is 0 Å². The first kappa shape index (κ1) is 16.8. The van der Waals surface area contributed by atoms with Gasteiger partial charge in [-0.2, -0.15) is 5.26 Å². The van der Waals surface area contributed by atoms with Gasteiger partial charge in [0.1, 0.15) is 0 Å². The predicted molar refractivity (Wildman–Crippen MR) is 90.7 cm³/mol. The Morgan fingerprint density at radius 1 is 1.18 bits per heavy atom. The first-order valence-corrected chi connectivity index (χ1v) is 8.52. The van der Waals surface area contributed by atoms with E-state index in [-0.39, 0.29) is 0 Å². The maximum Gasteiger partial charge on any atom is 0.0991 e. The Morgan fingerprint density at radius 2 is 1.91 bits per heavy atom. The molecule has 0 aliphatic heterocycles. The van der Waals surface area contributed by atoms with Crippen LogP contribution in [0.2, 0.25) is 0 Å². The number of nitriles is 1. The lowest BCUT2D eigenvalue weighted by molar-refractivity contribution is 0.0815. The molecular formula is C20H27NO. The number of nitrogens with zero attached hydrogens (tertiary/aromatic N) is 1. The normalized spacial score (nSPS) is 21.8. The molecule has 0 atom stereocenters. The van der Waals surface area contributed by atoms with Crippen molar-refractivity contribution in [2.45, 2.75) is 51.4 Å². The van der Waals surface area contributed by atoms with E-state index in [4.69, 9.17) is 10.00 Å². The Kier molecular flexibility index (Phi) is 7.19. The van der Waals surface area contributed by atoms with E-state index in [1.165, 1.54) is 31.2 Å². The summed E-state index contributed by atoms with van der Waals surface area (Å²) in [6, 6.07) is 10.3. The highest BCUT2D eigenvalue weighted by Crippen LogP contribution is 2.35. The number of allylic oxidation sites excluding steroid dienone is 2. The van der Waals surface area contributed by atoms with Crippen LogP contribution in [0.3, 0.4) is 0 Å². The highest BCUT2D eigenvalue weighted by Gasteiger charge is 2.22. The largest absolute Gasteiger partial charge is 0.381 e. The molecule has 2 heteroatoms. The number of unbranched alkanes of at least 4 members (excludes halogenated alkanes) is 1. The van der Waals surface area contributed by atoms with Gasteiger partial charge in [-0.1, -0.05) is 24.3 Å². The lowest BCUT2D eigenvalue weighted by Gasteiger charge is -2.28. The van der Waals surface area contributed by atoms with Crippen molar-refractivity contribution >= 4 is 0 Å². The molecule has 1 fully saturated rings. The monoisotopic (exact) mass is 297 g/mol. The fourth-order valence-electron chi connectivity index (χ4n) is 3.21. The molecule has 1 aromatic carbocycles. The van der Waals surface area contributed by atoms with Crippen LogP contribution in [0.25, 0.3) is 0 Å². The molecule has 0 bridgehead atoms. The number of hydrogen-bond acceptors (Lipinski definition) is 2. The predicted octanol–water partition coefficient (Wildman–Crippen LogP) is 5.20. The van der Waals surface area contributed by atoms with Crippen molar-refractivity contribution in [3.63, 3.8) is 0 Å². The van der Waals surface area contributed by atoms with Gasteiger partial charge in [-0.25, -0.2) is 0 Å². The summed E-state index contributed by atoms with van der Waals surface area (Å²) in [7, 11) is 0. The minimum absolute atomic E-state index is 0.665. The highest BCUT2D eigenvalue weighted by molar-refractivity contribution is 5.33. The number of ether oxygens (including phenoxy) is 1. The molecule has 0 unspecified atom stereocenters. The SMILES string of the molecule is C/C=C/CCCOCC1CCC(c2ccc(C#N)cc2)CC1. The van der Waals surface area contributed by atoms with Crippen LogP contribution in [0.1, 0.15) is 62.5 Å². The van der Waals surface area contributed by atoms with Gasteiger partial charge in [0.05, 0.1) is 11.6 Å². The lowest BCUT2D eigenvalue weighted by atomic mass is 9.79. The van der Waals surface area contributed by atoms with Gasteiger partial charge in [-0.15, -0.1) is 0 Å². The van der Waals surface area contributed by atoms with E-state index in [1.807, 2.05) is 12.1 Å². The van der Waals surface area contributed by atoms with Crippen LogP contribution in [0.5, 0.6) is 0 Å². The second-order valence-corrected chi connectivity index (χ2v) is 6.24. The molecule has 0 saturated heterocycles. The summed E-state index contributed by atoms with van der Waals surface area (Å²) in [6.45, 7) is 3.88. The number of benzene rings is 1. The molecule has 0 N–H and O–H groups in total. The van der Waals surface area contributed by atoms with Crippen molar-refractivity contribution in [3.05, 3.63) is 47.5 Å². The summed E-state index contributed by atoms with van der Waals surface area (Å²) < 4.78 is 5.82. The summed E-state index contributed by atoms with van der Waals surface area (Å²) >= 11 is 0. The molecule has 1 aliphatic rings. The van der Waals surface area contributed by atoms with Crippen molar-refractivity contribution in [3.8, 4) is 6.07 Å². The third kappa shape index (κ3) is 5.31. The van der Waals surface area contributed by atoms with Crippen molar-refractivity contribution in [2.24, 2.45) is 5.92 Å². The van der Waals surface area contributed by atoms with E-state index in [0.29, 0.717) is 5.92 Å². The number of hydrogen-bond donors (Lipinski definition) is 0. The maximum atomic E-state index is 8.86. The summed E-state index contributed by atoms with van der Waals surface area (Å²) in [4.78, 5) is 0. The van der Waals surface area contributed by atoms with Crippen molar-refractivity contribution in [1.29, 1.82) is 5.26 Å². The second-order valence-electron chi connectivity index (χ2n) is 6.24. The molecule has 1 aliphatic carbocycles. The van der Waals surface area contributed by atoms with E-state index in [2.05, 4.69) is 37.3 Å². The minimum atomic E-state index is 0.665. The molecule has 1 saturated carbocycles. The van der Waals surface area contributed by atoms with E-state index in [1.54, 1.807) is 0 Å². The molecule has 22 heavy (non-hydrogen) atoms. The molecule has 1 aromatic rings. The fraction of sp³-hybridized carbons (Fsp3) is 0.550. The standard InChI is InChI=1S/C20H27NO/c1-2-3-4-5-14-22-16-18-8-12-20(13-9-18)19-10-6-17(15-21)7-11-19/h2-3,6-7,10-11,18,20H,4-5,8-9,12-14,16H2,1H3/b3-2+. The fourth-order valence-corrected chi connectivity index (χ4v) is 3.21. The molecule has 0 heterocycles. The van der Waals surface area contributed by atoms with Crippen molar-refractivity contribution in [2.75, 3.05) is 13.2 Å². The van der Waals surface area contributed by atoms with Gasteiger partial charge in [0.2, 0.25) is 0 Å². The van der Waals surface area contributed by atoms with E-state index < -0.39 is 0 Å². The van der Waals surface area contributed by atoms with E-state index in [0.717, 1.165) is 37.5 Å². The van der Waals surface area contributed by atoms with Crippen LogP contribution in [-0.2, 0) is 4.74 Å². The average molecular weight is 297 g/mol. The van der Waals surface area contributed by atoms with Gasteiger partial charge >= 0.3 is 0 Å². The molecule has 0 amide bonds. The molecule has 0 spiro atoms. The van der Waals surface area contributed by atoms with E-state index >= 15 is 0 Å². The maximum absolute atomic E-state index is 8.86. The van der Waals surface area contributed by atoms with Gasteiger partial charge in [0.15, 0.2) is 0 Å². The van der Waals surface area contributed by atoms with Crippen molar-refractivity contribution < 1.29 is 4.74 Å². The summed E-state index contributed by atoms with van der Waals surface area (Å²) in [5.41, 5.74) is 2.15. The minimum Gasteiger partial charge on any atom is -0.381 e. The lowest BCUT2D eigenvalue weighted by Crippen LogP contribution is -2.18. The zero-order valence-electron chi connectivity index (χ0n) is 13.6. The third-order valence-corrected chi connectivity index (χ3v) is 4.61. The van der Waals surface area contributed by atoms with Crippen LogP contribution in [0.15, 0.2) is 36.4 Å². The van der Waals surface area contributed by atoms with Gasteiger partial charge < -0.3 is 4.74 Å². The zero-order valence-corrected chi connectivity index (χ0v) is 13.6. The van der Waals surface area contributed by atoms with Crippen LogP contribution < -0.4 is 0 Å². The number of rotatable bonds is 7. The summed E-state index contributed by atoms with van der Waals surface area (Å²) in [5.74, 6) is 1.40. The molecule has 2 rings (SSSR count). The van der Waals surface area contributed by atoms with Crippen LogP contribution in [-0.4, -0.2) is 13.2 Å². The Balaban J connectivity index is 1.66. The zero-order chi connectivity index (χ0) is 15.6. The van der Waals surface area contributed by atoms with Crippen LogP contribution in [0.4, 0.5) is 0 Å². The van der Waals surface area contributed by atoms with Gasteiger partial charge in [-0.05, 0) is 75.0 Å². The molecule has 118 valence electrons. The van der Waals surface area contributed by atoms with Gasteiger partial charge in [0, 0.05) is 13.2 Å². The second kappa shape index (κ2) is 9.43. The average Bonchev–Trinajstić information content (AvgIpc) is 2.59. The van der Waals surface area contributed by atoms with Gasteiger partial charge in [0.25, 0.3) is 0 Å². The molecule has 0 aromatic heterocycles. The third-order valence-electron chi connectivity index (χ3n) is 4.61. The van der Waals surface area contributed by atoms with Crippen LogP contribution in [0, 0.1) is 17.2 Å². The van der Waals surface area contributed by atoms with Crippen molar-refractivity contribution in [1.82, 2.24) is 0 Å². The summed E-state index contributed by atoms with van der Waals surface area (Å²) in [6.07, 6.45) is 11.6.